The van der Waals surface area contributed by atoms with Gasteiger partial charge in [-0.15, -0.1) is 0 Å². The Labute approximate surface area is 148 Å². The quantitative estimate of drug-likeness (QED) is 0.814. The number of nitrogens with zero attached hydrogens (tertiary/aromatic N) is 1. The van der Waals surface area contributed by atoms with Crippen molar-refractivity contribution in [1.82, 2.24) is 10.2 Å². The highest BCUT2D eigenvalue weighted by molar-refractivity contribution is 5.27. The van der Waals surface area contributed by atoms with Crippen LogP contribution in [0.1, 0.15) is 37.7 Å². The molecule has 1 aromatic carbocycles. The summed E-state index contributed by atoms with van der Waals surface area (Å²) >= 11 is 0. The normalized spacial score (nSPS) is 21.4. The van der Waals surface area contributed by atoms with Gasteiger partial charge in [0.05, 0.1) is 0 Å². The van der Waals surface area contributed by atoms with E-state index in [1.54, 1.807) is 12.1 Å². The molecular formula is C19H28F2N2O2. The van der Waals surface area contributed by atoms with Crippen LogP contribution in [-0.4, -0.2) is 49.9 Å². The van der Waals surface area contributed by atoms with Crippen molar-refractivity contribution >= 4 is 0 Å². The van der Waals surface area contributed by atoms with E-state index in [1.807, 2.05) is 12.1 Å². The molecule has 3 rings (SSSR count). The van der Waals surface area contributed by atoms with E-state index in [0.717, 1.165) is 44.7 Å². The fourth-order valence-electron chi connectivity index (χ4n) is 3.95. The highest BCUT2D eigenvalue weighted by Crippen LogP contribution is 2.30. The first kappa shape index (κ1) is 18.5. The van der Waals surface area contributed by atoms with E-state index in [4.69, 9.17) is 4.74 Å². The van der Waals surface area contributed by atoms with Crippen LogP contribution < -0.4 is 10.1 Å². The molecule has 0 aromatic heterocycles. The van der Waals surface area contributed by atoms with Crippen molar-refractivity contribution in [3.05, 3.63) is 29.8 Å². The second-order valence-corrected chi connectivity index (χ2v) is 7.01. The second kappa shape index (κ2) is 8.92. The zero-order chi connectivity index (χ0) is 17.5. The molecule has 2 saturated heterocycles. The van der Waals surface area contributed by atoms with Gasteiger partial charge in [-0.25, -0.2) is 0 Å². The van der Waals surface area contributed by atoms with E-state index in [-0.39, 0.29) is 11.3 Å². The van der Waals surface area contributed by atoms with Crippen LogP contribution in [0.2, 0.25) is 0 Å². The molecule has 0 aliphatic carbocycles. The van der Waals surface area contributed by atoms with Gasteiger partial charge in [0.15, 0.2) is 0 Å². The highest BCUT2D eigenvalue weighted by Gasteiger charge is 2.38. The molecule has 6 heteroatoms. The minimum Gasteiger partial charge on any atom is -0.435 e. The van der Waals surface area contributed by atoms with Crippen molar-refractivity contribution in [3.63, 3.8) is 0 Å². The summed E-state index contributed by atoms with van der Waals surface area (Å²) in [6.45, 7) is 2.91. The Kier molecular flexibility index (Phi) is 6.62. The topological polar surface area (TPSA) is 33.7 Å². The summed E-state index contributed by atoms with van der Waals surface area (Å²) in [7, 11) is 0. The lowest BCUT2D eigenvalue weighted by molar-refractivity contribution is -0.0498. The minimum absolute atomic E-state index is 0.192. The van der Waals surface area contributed by atoms with E-state index >= 15 is 0 Å². The molecule has 0 atom stereocenters. The molecule has 1 N–H and O–H groups in total. The van der Waals surface area contributed by atoms with Crippen LogP contribution in [0.4, 0.5) is 8.78 Å². The predicted octanol–water partition coefficient (Wildman–Crippen LogP) is 3.41. The summed E-state index contributed by atoms with van der Waals surface area (Å²) in [6, 6.07) is 6.86. The van der Waals surface area contributed by atoms with E-state index < -0.39 is 6.61 Å². The average molecular weight is 354 g/mol. The Bertz CT molecular complexity index is 513. The molecule has 25 heavy (non-hydrogen) atoms. The predicted molar refractivity (Wildman–Crippen MR) is 93.0 cm³/mol. The largest absolute Gasteiger partial charge is 0.435 e. The smallest absolute Gasteiger partial charge is 0.387 e. The highest BCUT2D eigenvalue weighted by atomic mass is 19.3. The van der Waals surface area contributed by atoms with E-state index in [2.05, 4.69) is 15.0 Å². The summed E-state index contributed by atoms with van der Waals surface area (Å²) in [5, 5.41) is 3.58. The van der Waals surface area contributed by atoms with Crippen molar-refractivity contribution in [3.8, 4) is 5.75 Å². The van der Waals surface area contributed by atoms with Crippen LogP contribution in [0.3, 0.4) is 0 Å². The van der Waals surface area contributed by atoms with E-state index in [9.17, 15) is 8.78 Å². The molecule has 0 spiro atoms. The first-order valence-corrected chi connectivity index (χ1v) is 9.25. The van der Waals surface area contributed by atoms with Crippen molar-refractivity contribution < 1.29 is 18.3 Å². The van der Waals surface area contributed by atoms with Gasteiger partial charge in [0, 0.05) is 31.8 Å². The Morgan fingerprint density at radius 1 is 1.08 bits per heavy atom. The van der Waals surface area contributed by atoms with Crippen molar-refractivity contribution in [2.45, 2.75) is 50.8 Å². The van der Waals surface area contributed by atoms with Gasteiger partial charge in [-0.2, -0.15) is 8.78 Å². The third-order valence-electron chi connectivity index (χ3n) is 5.38. The molecule has 4 nitrogen and oxygen atoms in total. The maximum Gasteiger partial charge on any atom is 0.387 e. The van der Waals surface area contributed by atoms with E-state index in [1.165, 1.54) is 32.4 Å². The molecule has 2 aliphatic rings. The fraction of sp³-hybridized carbons (Fsp3) is 0.684. The number of likely N-dealkylation sites (tertiary alicyclic amines) is 1. The van der Waals surface area contributed by atoms with E-state index in [0.29, 0.717) is 0 Å². The van der Waals surface area contributed by atoms with Crippen molar-refractivity contribution in [2.75, 3.05) is 32.8 Å². The lowest BCUT2D eigenvalue weighted by Crippen LogP contribution is -2.59. The first-order valence-electron chi connectivity index (χ1n) is 9.25. The number of hydrogen-bond donors (Lipinski definition) is 1. The standard InChI is InChI=1S/C19H28F2N2O2/c20-18(21)25-17-6-4-16(5-7-17)14-22-15-19(8-12-24-13-9-19)23-10-2-1-3-11-23/h4-7,18,22H,1-3,8-15H2. The van der Waals surface area contributed by atoms with Gasteiger partial charge in [-0.05, 0) is 56.5 Å². The number of hydrogen-bond acceptors (Lipinski definition) is 4. The van der Waals surface area contributed by atoms with Gasteiger partial charge in [0.2, 0.25) is 0 Å². The van der Waals surface area contributed by atoms with Crippen molar-refractivity contribution in [2.24, 2.45) is 0 Å². The summed E-state index contributed by atoms with van der Waals surface area (Å²) in [4.78, 5) is 2.66. The Hall–Kier alpha value is -1.24. The molecular weight excluding hydrogens is 326 g/mol. The average Bonchev–Trinajstić information content (AvgIpc) is 2.64. The monoisotopic (exact) mass is 354 g/mol. The van der Waals surface area contributed by atoms with Crippen LogP contribution in [0.25, 0.3) is 0 Å². The number of nitrogens with one attached hydrogen (secondary N) is 1. The Morgan fingerprint density at radius 2 is 1.76 bits per heavy atom. The number of benzene rings is 1. The molecule has 2 fully saturated rings. The number of rotatable bonds is 7. The number of alkyl halides is 2. The zero-order valence-corrected chi connectivity index (χ0v) is 14.7. The number of ether oxygens (including phenoxy) is 2. The third kappa shape index (κ3) is 5.12. The molecule has 0 saturated carbocycles. The summed E-state index contributed by atoms with van der Waals surface area (Å²) < 4.78 is 34.4. The molecule has 1 aromatic rings. The van der Waals surface area contributed by atoms with Crippen LogP contribution in [0.15, 0.2) is 24.3 Å². The molecule has 0 radical (unpaired) electrons. The minimum atomic E-state index is -2.78. The van der Waals surface area contributed by atoms with Gasteiger partial charge in [0.1, 0.15) is 5.75 Å². The van der Waals surface area contributed by atoms with Crippen molar-refractivity contribution in [1.29, 1.82) is 0 Å². The lowest BCUT2D eigenvalue weighted by Gasteiger charge is -2.48. The maximum absolute atomic E-state index is 12.2. The van der Waals surface area contributed by atoms with Crippen LogP contribution in [-0.2, 0) is 11.3 Å². The lowest BCUT2D eigenvalue weighted by atomic mass is 9.86. The first-order chi connectivity index (χ1) is 12.2. The maximum atomic E-state index is 12.2. The summed E-state index contributed by atoms with van der Waals surface area (Å²) in [6.07, 6.45) is 6.05. The van der Waals surface area contributed by atoms with Gasteiger partial charge < -0.3 is 14.8 Å². The molecule has 0 unspecified atom stereocenters. The Morgan fingerprint density at radius 3 is 2.40 bits per heavy atom. The van der Waals surface area contributed by atoms with Crippen LogP contribution >= 0.6 is 0 Å². The summed E-state index contributed by atoms with van der Waals surface area (Å²) in [5.74, 6) is 0.202. The second-order valence-electron chi connectivity index (χ2n) is 7.01. The number of halogens is 2. The molecule has 0 bridgehead atoms. The molecule has 0 amide bonds. The van der Waals surface area contributed by atoms with Gasteiger partial charge in [-0.1, -0.05) is 18.6 Å². The number of piperidine rings is 1. The van der Waals surface area contributed by atoms with Gasteiger partial charge >= 0.3 is 6.61 Å². The van der Waals surface area contributed by atoms with Gasteiger partial charge in [-0.3, -0.25) is 4.90 Å². The molecule has 140 valence electrons. The SMILES string of the molecule is FC(F)Oc1ccc(CNCC2(N3CCCCC3)CCOCC2)cc1. The van der Waals surface area contributed by atoms with Crippen LogP contribution in [0.5, 0.6) is 5.75 Å². The van der Waals surface area contributed by atoms with Crippen LogP contribution in [0, 0.1) is 0 Å². The zero-order valence-electron chi connectivity index (χ0n) is 14.7. The Balaban J connectivity index is 1.54. The molecule has 2 heterocycles. The van der Waals surface area contributed by atoms with Gasteiger partial charge in [0.25, 0.3) is 0 Å². The fourth-order valence-corrected chi connectivity index (χ4v) is 3.95. The summed E-state index contributed by atoms with van der Waals surface area (Å²) in [5.41, 5.74) is 1.26. The molecule has 2 aliphatic heterocycles. The third-order valence-corrected chi connectivity index (χ3v) is 5.38.